The standard InChI is InChI=1S/C16H19NO5/c1-9-4-5-11(15(19)21-3)7-13(9)17-14(18)8-22-16(20)12-6-10(12)2/h4-5,7,10,12H,6,8H2,1-3H3,(H,17,18)/t10-,12-/m0/s1. The van der Waals surface area contributed by atoms with E-state index in [2.05, 4.69) is 10.1 Å². The van der Waals surface area contributed by atoms with Crippen molar-refractivity contribution in [3.05, 3.63) is 29.3 Å². The number of hydrogen-bond donors (Lipinski definition) is 1. The number of benzene rings is 1. The maximum Gasteiger partial charge on any atom is 0.337 e. The lowest BCUT2D eigenvalue weighted by Gasteiger charge is -2.10. The third-order valence-corrected chi connectivity index (χ3v) is 3.69. The molecule has 118 valence electrons. The maximum atomic E-state index is 11.8. The zero-order chi connectivity index (χ0) is 16.3. The number of anilines is 1. The van der Waals surface area contributed by atoms with Crippen LogP contribution in [0.5, 0.6) is 0 Å². The first-order chi connectivity index (χ1) is 10.4. The van der Waals surface area contributed by atoms with E-state index in [-0.39, 0.29) is 18.5 Å². The van der Waals surface area contributed by atoms with Crippen LogP contribution in [0.2, 0.25) is 0 Å². The highest BCUT2D eigenvalue weighted by atomic mass is 16.5. The van der Waals surface area contributed by atoms with E-state index in [1.54, 1.807) is 19.1 Å². The van der Waals surface area contributed by atoms with Crippen molar-refractivity contribution in [1.82, 2.24) is 0 Å². The number of amides is 1. The van der Waals surface area contributed by atoms with E-state index in [0.717, 1.165) is 12.0 Å². The molecular formula is C16H19NO5. The van der Waals surface area contributed by atoms with Crippen LogP contribution in [-0.2, 0) is 19.1 Å². The minimum absolute atomic E-state index is 0.0720. The van der Waals surface area contributed by atoms with Gasteiger partial charge in [0, 0.05) is 5.69 Å². The SMILES string of the molecule is COC(=O)c1ccc(C)c(NC(=O)COC(=O)[C@H]2C[C@@H]2C)c1. The number of methoxy groups -OCH3 is 1. The number of nitrogens with one attached hydrogen (secondary N) is 1. The van der Waals surface area contributed by atoms with Gasteiger partial charge in [-0.2, -0.15) is 0 Å². The smallest absolute Gasteiger partial charge is 0.337 e. The second-order valence-corrected chi connectivity index (χ2v) is 5.50. The zero-order valence-corrected chi connectivity index (χ0v) is 12.8. The van der Waals surface area contributed by atoms with Gasteiger partial charge in [0.1, 0.15) is 0 Å². The van der Waals surface area contributed by atoms with Gasteiger partial charge in [0.25, 0.3) is 5.91 Å². The van der Waals surface area contributed by atoms with Gasteiger partial charge < -0.3 is 14.8 Å². The fourth-order valence-electron chi connectivity index (χ4n) is 2.08. The summed E-state index contributed by atoms with van der Waals surface area (Å²) in [6, 6.07) is 4.86. The molecule has 0 bridgehead atoms. The Balaban J connectivity index is 1.93. The highest BCUT2D eigenvalue weighted by Gasteiger charge is 2.40. The number of carbonyl (C=O) groups is 3. The molecule has 1 fully saturated rings. The van der Waals surface area contributed by atoms with Gasteiger partial charge in [0.05, 0.1) is 18.6 Å². The molecule has 6 nitrogen and oxygen atoms in total. The summed E-state index contributed by atoms with van der Waals surface area (Å²) in [6.45, 7) is 3.44. The fraction of sp³-hybridized carbons (Fsp3) is 0.438. The summed E-state index contributed by atoms with van der Waals surface area (Å²) in [4.78, 5) is 34.9. The predicted octanol–water partition coefficient (Wildman–Crippen LogP) is 1.92. The Bertz CT molecular complexity index is 611. The molecule has 2 atom stereocenters. The van der Waals surface area contributed by atoms with Crippen molar-refractivity contribution in [2.75, 3.05) is 19.0 Å². The predicted molar refractivity (Wildman–Crippen MR) is 79.4 cm³/mol. The van der Waals surface area contributed by atoms with Gasteiger partial charge in [0.2, 0.25) is 0 Å². The lowest BCUT2D eigenvalue weighted by Crippen LogP contribution is -2.22. The molecule has 0 heterocycles. The molecule has 0 saturated heterocycles. The highest BCUT2D eigenvalue weighted by Crippen LogP contribution is 2.38. The average molecular weight is 305 g/mol. The van der Waals surface area contributed by atoms with E-state index in [1.807, 2.05) is 6.92 Å². The molecular weight excluding hydrogens is 286 g/mol. The Morgan fingerprint density at radius 2 is 2.00 bits per heavy atom. The number of ether oxygens (including phenoxy) is 2. The van der Waals surface area contributed by atoms with Crippen LogP contribution < -0.4 is 5.32 Å². The topological polar surface area (TPSA) is 81.7 Å². The van der Waals surface area contributed by atoms with Crippen molar-refractivity contribution in [2.24, 2.45) is 11.8 Å². The Labute approximate surface area is 128 Å². The van der Waals surface area contributed by atoms with Crippen LogP contribution in [0.3, 0.4) is 0 Å². The van der Waals surface area contributed by atoms with Gasteiger partial charge in [-0.3, -0.25) is 9.59 Å². The van der Waals surface area contributed by atoms with Crippen molar-refractivity contribution < 1.29 is 23.9 Å². The molecule has 0 aliphatic heterocycles. The lowest BCUT2D eigenvalue weighted by atomic mass is 10.1. The number of rotatable bonds is 5. The number of esters is 2. The van der Waals surface area contributed by atoms with E-state index in [0.29, 0.717) is 17.2 Å². The van der Waals surface area contributed by atoms with Gasteiger partial charge in [-0.15, -0.1) is 0 Å². The van der Waals surface area contributed by atoms with E-state index >= 15 is 0 Å². The molecule has 2 rings (SSSR count). The molecule has 0 radical (unpaired) electrons. The van der Waals surface area contributed by atoms with Crippen molar-refractivity contribution in [1.29, 1.82) is 0 Å². The minimum Gasteiger partial charge on any atom is -0.465 e. The first-order valence-corrected chi connectivity index (χ1v) is 7.07. The Morgan fingerprint density at radius 1 is 1.32 bits per heavy atom. The Morgan fingerprint density at radius 3 is 2.59 bits per heavy atom. The summed E-state index contributed by atoms with van der Waals surface area (Å²) in [5, 5.41) is 2.63. The lowest BCUT2D eigenvalue weighted by molar-refractivity contribution is -0.148. The van der Waals surface area contributed by atoms with Gasteiger partial charge >= 0.3 is 11.9 Å². The molecule has 0 spiro atoms. The summed E-state index contributed by atoms with van der Waals surface area (Å²) in [6.07, 6.45) is 0.820. The van der Waals surface area contributed by atoms with Gasteiger partial charge in [0.15, 0.2) is 6.61 Å². The first-order valence-electron chi connectivity index (χ1n) is 7.07. The summed E-state index contributed by atoms with van der Waals surface area (Å²) in [5.74, 6) is -0.981. The summed E-state index contributed by atoms with van der Waals surface area (Å²) < 4.78 is 9.60. The largest absolute Gasteiger partial charge is 0.465 e. The summed E-state index contributed by atoms with van der Waals surface area (Å²) in [7, 11) is 1.29. The molecule has 1 aromatic carbocycles. The number of carbonyl (C=O) groups excluding carboxylic acids is 3. The minimum atomic E-state index is -0.482. The molecule has 1 N–H and O–H groups in total. The zero-order valence-electron chi connectivity index (χ0n) is 12.8. The summed E-state index contributed by atoms with van der Waals surface area (Å²) in [5.41, 5.74) is 1.62. The normalized spacial score (nSPS) is 19.2. The molecule has 1 saturated carbocycles. The van der Waals surface area contributed by atoms with Crippen molar-refractivity contribution in [3.8, 4) is 0 Å². The number of hydrogen-bond acceptors (Lipinski definition) is 5. The van der Waals surface area contributed by atoms with E-state index in [4.69, 9.17) is 4.74 Å². The van der Waals surface area contributed by atoms with E-state index in [1.165, 1.54) is 13.2 Å². The third kappa shape index (κ3) is 3.84. The van der Waals surface area contributed by atoms with Crippen LogP contribution in [0.1, 0.15) is 29.3 Å². The van der Waals surface area contributed by atoms with E-state index in [9.17, 15) is 14.4 Å². The molecule has 1 aliphatic carbocycles. The summed E-state index contributed by atoms with van der Waals surface area (Å²) >= 11 is 0. The molecule has 1 aromatic rings. The molecule has 0 aromatic heterocycles. The molecule has 1 amide bonds. The average Bonchev–Trinajstić information content (AvgIpc) is 3.23. The molecule has 6 heteroatoms. The van der Waals surface area contributed by atoms with Crippen LogP contribution in [0, 0.1) is 18.8 Å². The Kier molecular flexibility index (Phi) is 4.80. The van der Waals surface area contributed by atoms with E-state index < -0.39 is 11.9 Å². The fourth-order valence-corrected chi connectivity index (χ4v) is 2.08. The quantitative estimate of drug-likeness (QED) is 0.840. The first kappa shape index (κ1) is 16.0. The molecule has 22 heavy (non-hydrogen) atoms. The van der Waals surface area contributed by atoms with Crippen molar-refractivity contribution >= 4 is 23.5 Å². The highest BCUT2D eigenvalue weighted by molar-refractivity contribution is 5.96. The van der Waals surface area contributed by atoms with Crippen LogP contribution in [0.15, 0.2) is 18.2 Å². The van der Waals surface area contributed by atoms with Crippen molar-refractivity contribution in [2.45, 2.75) is 20.3 Å². The third-order valence-electron chi connectivity index (χ3n) is 3.69. The van der Waals surface area contributed by atoms with Crippen LogP contribution in [0.25, 0.3) is 0 Å². The van der Waals surface area contributed by atoms with Crippen LogP contribution in [-0.4, -0.2) is 31.6 Å². The molecule has 1 aliphatic rings. The van der Waals surface area contributed by atoms with Gasteiger partial charge in [-0.25, -0.2) is 4.79 Å². The second kappa shape index (κ2) is 6.60. The second-order valence-electron chi connectivity index (χ2n) is 5.50. The van der Waals surface area contributed by atoms with Gasteiger partial charge in [-0.05, 0) is 37.0 Å². The van der Waals surface area contributed by atoms with Crippen LogP contribution >= 0.6 is 0 Å². The number of aryl methyl sites for hydroxylation is 1. The molecule has 0 unspecified atom stereocenters. The van der Waals surface area contributed by atoms with Gasteiger partial charge in [-0.1, -0.05) is 13.0 Å². The van der Waals surface area contributed by atoms with Crippen LogP contribution in [0.4, 0.5) is 5.69 Å². The maximum absolute atomic E-state index is 11.8. The monoisotopic (exact) mass is 305 g/mol. The Hall–Kier alpha value is -2.37. The van der Waals surface area contributed by atoms with Crippen molar-refractivity contribution in [3.63, 3.8) is 0 Å².